The maximum absolute atomic E-state index is 12.0. The van der Waals surface area contributed by atoms with Gasteiger partial charge in [-0.15, -0.1) is 0 Å². The first kappa shape index (κ1) is 17.0. The lowest BCUT2D eigenvalue weighted by Crippen LogP contribution is -2.33. The molecule has 2 aromatic rings. The van der Waals surface area contributed by atoms with Crippen LogP contribution in [0.4, 0.5) is 0 Å². The first-order valence-corrected chi connectivity index (χ1v) is 8.56. The highest BCUT2D eigenvalue weighted by Gasteiger charge is 2.19. The highest BCUT2D eigenvalue weighted by Crippen LogP contribution is 2.14. The SMILES string of the molecule is CC(C)C(=O)NS(=O)(=O)c1ccc(OCc2ccccc2)nc1. The van der Waals surface area contributed by atoms with Gasteiger partial charge in [-0.25, -0.2) is 18.1 Å². The minimum Gasteiger partial charge on any atom is -0.473 e. The first-order chi connectivity index (χ1) is 10.9. The van der Waals surface area contributed by atoms with E-state index >= 15 is 0 Å². The molecule has 7 heteroatoms. The number of carbonyl (C=O) groups is 1. The Labute approximate surface area is 135 Å². The summed E-state index contributed by atoms with van der Waals surface area (Å²) in [6, 6.07) is 12.4. The van der Waals surface area contributed by atoms with Gasteiger partial charge in [0.1, 0.15) is 11.5 Å². The van der Waals surface area contributed by atoms with Gasteiger partial charge in [0.2, 0.25) is 11.8 Å². The topological polar surface area (TPSA) is 85.4 Å². The maximum Gasteiger partial charge on any atom is 0.265 e. The predicted molar refractivity (Wildman–Crippen MR) is 85.2 cm³/mol. The molecule has 6 nitrogen and oxygen atoms in total. The van der Waals surface area contributed by atoms with E-state index in [1.165, 1.54) is 12.1 Å². The van der Waals surface area contributed by atoms with Crippen molar-refractivity contribution in [3.63, 3.8) is 0 Å². The van der Waals surface area contributed by atoms with Gasteiger partial charge >= 0.3 is 0 Å². The Morgan fingerprint density at radius 3 is 2.43 bits per heavy atom. The van der Waals surface area contributed by atoms with Crippen molar-refractivity contribution in [2.24, 2.45) is 5.92 Å². The number of hydrogen-bond donors (Lipinski definition) is 1. The zero-order chi connectivity index (χ0) is 16.9. The maximum atomic E-state index is 12.0. The van der Waals surface area contributed by atoms with Gasteiger partial charge in [-0.05, 0) is 11.6 Å². The summed E-state index contributed by atoms with van der Waals surface area (Å²) in [6.45, 7) is 3.57. The Morgan fingerprint density at radius 1 is 1.17 bits per heavy atom. The Hall–Kier alpha value is -2.41. The fourth-order valence-corrected chi connectivity index (χ4v) is 2.71. The van der Waals surface area contributed by atoms with Crippen LogP contribution in [0.25, 0.3) is 0 Å². The second-order valence-corrected chi connectivity index (χ2v) is 6.91. The van der Waals surface area contributed by atoms with Crippen molar-refractivity contribution < 1.29 is 17.9 Å². The molecule has 1 aromatic carbocycles. The number of nitrogens with zero attached hydrogens (tertiary/aromatic N) is 1. The Balaban J connectivity index is 2.03. The van der Waals surface area contributed by atoms with Crippen LogP contribution in [0.15, 0.2) is 53.6 Å². The zero-order valence-electron chi connectivity index (χ0n) is 12.9. The van der Waals surface area contributed by atoms with Crippen molar-refractivity contribution >= 4 is 15.9 Å². The number of aromatic nitrogens is 1. The molecule has 0 spiro atoms. The fourth-order valence-electron chi connectivity index (χ4n) is 1.65. The summed E-state index contributed by atoms with van der Waals surface area (Å²) in [5.74, 6) is -0.677. The molecule has 1 amide bonds. The predicted octanol–water partition coefficient (Wildman–Crippen LogP) is 2.12. The van der Waals surface area contributed by atoms with Gasteiger partial charge in [0, 0.05) is 12.0 Å². The Kier molecular flexibility index (Phi) is 5.33. The van der Waals surface area contributed by atoms with Crippen LogP contribution >= 0.6 is 0 Å². The summed E-state index contributed by atoms with van der Waals surface area (Å²) >= 11 is 0. The molecule has 0 aliphatic rings. The minimum absolute atomic E-state index is 0.0847. The number of sulfonamides is 1. The van der Waals surface area contributed by atoms with Crippen molar-refractivity contribution in [1.82, 2.24) is 9.71 Å². The number of pyridine rings is 1. The summed E-state index contributed by atoms with van der Waals surface area (Å²) in [5, 5.41) is 0. The normalized spacial score (nSPS) is 11.3. The quantitative estimate of drug-likeness (QED) is 0.874. The summed E-state index contributed by atoms with van der Waals surface area (Å²) in [5.41, 5.74) is 0.982. The lowest BCUT2D eigenvalue weighted by molar-refractivity contribution is -0.122. The summed E-state index contributed by atoms with van der Waals surface area (Å²) in [4.78, 5) is 15.4. The molecular weight excluding hydrogens is 316 g/mol. The number of carbonyl (C=O) groups excluding carboxylic acids is 1. The zero-order valence-corrected chi connectivity index (χ0v) is 13.7. The molecule has 0 bridgehead atoms. The summed E-state index contributed by atoms with van der Waals surface area (Å²) in [6.07, 6.45) is 1.16. The van der Waals surface area contributed by atoms with E-state index in [1.807, 2.05) is 35.1 Å². The second-order valence-electron chi connectivity index (χ2n) is 5.23. The Bertz CT molecular complexity index is 756. The number of rotatable bonds is 6. The van der Waals surface area contributed by atoms with E-state index in [-0.39, 0.29) is 4.90 Å². The molecule has 2 rings (SSSR count). The van der Waals surface area contributed by atoms with Gasteiger partial charge in [-0.2, -0.15) is 0 Å². The molecule has 0 aliphatic heterocycles. The molecule has 0 saturated carbocycles. The second kappa shape index (κ2) is 7.23. The van der Waals surface area contributed by atoms with Crippen molar-refractivity contribution in [2.45, 2.75) is 25.3 Å². The summed E-state index contributed by atoms with van der Waals surface area (Å²) < 4.78 is 31.5. The number of nitrogens with one attached hydrogen (secondary N) is 1. The average molecular weight is 334 g/mol. The molecule has 1 N–H and O–H groups in total. The molecule has 0 atom stereocenters. The highest BCUT2D eigenvalue weighted by molar-refractivity contribution is 7.90. The number of ether oxygens (including phenoxy) is 1. The molecule has 122 valence electrons. The summed E-state index contributed by atoms with van der Waals surface area (Å²) in [7, 11) is -3.91. The molecule has 0 aliphatic carbocycles. The number of benzene rings is 1. The van der Waals surface area contributed by atoms with Gasteiger partial charge in [-0.3, -0.25) is 4.79 Å². The van der Waals surface area contributed by atoms with Gasteiger partial charge in [0.15, 0.2) is 0 Å². The van der Waals surface area contributed by atoms with Crippen molar-refractivity contribution in [2.75, 3.05) is 0 Å². The van der Waals surface area contributed by atoms with Crippen LogP contribution in [0.2, 0.25) is 0 Å². The van der Waals surface area contributed by atoms with Gasteiger partial charge in [-0.1, -0.05) is 44.2 Å². The third-order valence-electron chi connectivity index (χ3n) is 3.01. The van der Waals surface area contributed by atoms with E-state index in [9.17, 15) is 13.2 Å². The highest BCUT2D eigenvalue weighted by atomic mass is 32.2. The monoisotopic (exact) mass is 334 g/mol. The van der Waals surface area contributed by atoms with E-state index in [4.69, 9.17) is 4.74 Å². The van der Waals surface area contributed by atoms with E-state index in [0.29, 0.717) is 12.5 Å². The largest absolute Gasteiger partial charge is 0.473 e. The van der Waals surface area contributed by atoms with Crippen LogP contribution in [-0.2, 0) is 21.4 Å². The fraction of sp³-hybridized carbons (Fsp3) is 0.250. The van der Waals surface area contributed by atoms with E-state index in [0.717, 1.165) is 11.8 Å². The van der Waals surface area contributed by atoms with E-state index in [1.54, 1.807) is 13.8 Å². The van der Waals surface area contributed by atoms with Crippen molar-refractivity contribution in [3.8, 4) is 5.88 Å². The molecule has 1 heterocycles. The lowest BCUT2D eigenvalue weighted by atomic mass is 10.2. The standard InChI is InChI=1S/C16H18N2O4S/c1-12(2)16(19)18-23(20,21)14-8-9-15(17-10-14)22-11-13-6-4-3-5-7-13/h3-10,12H,11H2,1-2H3,(H,18,19). The van der Waals surface area contributed by atoms with E-state index < -0.39 is 21.8 Å². The van der Waals surface area contributed by atoms with Crippen molar-refractivity contribution in [3.05, 3.63) is 54.2 Å². The molecule has 1 aromatic heterocycles. The molecule has 0 unspecified atom stereocenters. The first-order valence-electron chi connectivity index (χ1n) is 7.08. The van der Waals surface area contributed by atoms with Crippen LogP contribution in [0, 0.1) is 5.92 Å². The number of amides is 1. The van der Waals surface area contributed by atoms with E-state index in [2.05, 4.69) is 4.98 Å². The lowest BCUT2D eigenvalue weighted by Gasteiger charge is -2.09. The third-order valence-corrected chi connectivity index (χ3v) is 4.34. The van der Waals surface area contributed by atoms with Crippen molar-refractivity contribution in [1.29, 1.82) is 0 Å². The van der Waals surface area contributed by atoms with Gasteiger partial charge in [0.25, 0.3) is 10.0 Å². The van der Waals surface area contributed by atoms with Crippen LogP contribution in [0.1, 0.15) is 19.4 Å². The Morgan fingerprint density at radius 2 is 1.87 bits per heavy atom. The minimum atomic E-state index is -3.91. The average Bonchev–Trinajstić information content (AvgIpc) is 2.54. The molecular formula is C16H18N2O4S. The van der Waals surface area contributed by atoms with Crippen LogP contribution in [0.3, 0.4) is 0 Å². The van der Waals surface area contributed by atoms with Crippen LogP contribution in [0.5, 0.6) is 5.88 Å². The van der Waals surface area contributed by atoms with Crippen LogP contribution in [-0.4, -0.2) is 19.3 Å². The molecule has 0 saturated heterocycles. The molecule has 23 heavy (non-hydrogen) atoms. The third kappa shape index (κ3) is 4.79. The number of hydrogen-bond acceptors (Lipinski definition) is 5. The molecule has 0 radical (unpaired) electrons. The van der Waals surface area contributed by atoms with Gasteiger partial charge < -0.3 is 4.74 Å². The molecule has 0 fully saturated rings. The van der Waals surface area contributed by atoms with Gasteiger partial charge in [0.05, 0.1) is 6.20 Å². The smallest absolute Gasteiger partial charge is 0.265 e. The van der Waals surface area contributed by atoms with Crippen LogP contribution < -0.4 is 9.46 Å².